The Hall–Kier alpha value is -3.12. The molecule has 4 rings (SSSR count). The van der Waals surface area contributed by atoms with Gasteiger partial charge in [0.05, 0.1) is 12.7 Å². The molecule has 30 heavy (non-hydrogen) atoms. The van der Waals surface area contributed by atoms with Crippen LogP contribution in [0.4, 0.5) is 5.69 Å². The van der Waals surface area contributed by atoms with E-state index < -0.39 is 0 Å². The lowest BCUT2D eigenvalue weighted by molar-refractivity contribution is 0.102. The number of aryl methyl sites for hydroxylation is 3. The molecular formula is C24H21BrN2O3. The molecule has 4 aromatic rings. The number of amides is 1. The van der Waals surface area contributed by atoms with E-state index in [9.17, 15) is 4.79 Å². The molecule has 3 aromatic carbocycles. The highest BCUT2D eigenvalue weighted by atomic mass is 79.9. The van der Waals surface area contributed by atoms with Crippen molar-refractivity contribution in [2.75, 3.05) is 12.4 Å². The van der Waals surface area contributed by atoms with E-state index in [-0.39, 0.29) is 5.91 Å². The largest absolute Gasteiger partial charge is 0.496 e. The molecule has 1 N–H and O–H groups in total. The number of hydrogen-bond donors (Lipinski definition) is 1. The highest BCUT2D eigenvalue weighted by Gasteiger charge is 2.17. The first-order valence-electron chi connectivity index (χ1n) is 9.49. The minimum atomic E-state index is -0.252. The predicted molar refractivity (Wildman–Crippen MR) is 122 cm³/mol. The number of oxazole rings is 1. The zero-order chi connectivity index (χ0) is 21.4. The number of nitrogens with zero attached hydrogens (tertiary/aromatic N) is 1. The summed E-state index contributed by atoms with van der Waals surface area (Å²) in [6.45, 7) is 5.95. The Morgan fingerprint density at radius 2 is 1.87 bits per heavy atom. The summed E-state index contributed by atoms with van der Waals surface area (Å²) >= 11 is 3.44. The van der Waals surface area contributed by atoms with Crippen LogP contribution in [0.15, 0.2) is 57.4 Å². The number of anilines is 1. The number of carbonyl (C=O) groups is 1. The summed E-state index contributed by atoms with van der Waals surface area (Å²) in [4.78, 5) is 17.5. The fourth-order valence-electron chi connectivity index (χ4n) is 3.60. The summed E-state index contributed by atoms with van der Waals surface area (Å²) in [5.74, 6) is 0.819. The molecule has 0 unspecified atom stereocenters. The molecule has 6 heteroatoms. The summed E-state index contributed by atoms with van der Waals surface area (Å²) in [5, 5.41) is 2.94. The molecule has 5 nitrogen and oxygen atoms in total. The molecule has 1 heterocycles. The number of methoxy groups -OCH3 is 1. The van der Waals surface area contributed by atoms with Crippen LogP contribution in [0.3, 0.4) is 0 Å². The number of nitrogens with one attached hydrogen (secondary N) is 1. The third-order valence-corrected chi connectivity index (χ3v) is 5.33. The van der Waals surface area contributed by atoms with Crippen molar-refractivity contribution in [1.29, 1.82) is 0 Å². The maximum absolute atomic E-state index is 12.9. The monoisotopic (exact) mass is 464 g/mol. The number of fused-ring (bicyclic) bond motifs is 1. The Morgan fingerprint density at radius 3 is 2.63 bits per heavy atom. The van der Waals surface area contributed by atoms with Crippen molar-refractivity contribution < 1.29 is 13.9 Å². The number of halogens is 1. The van der Waals surface area contributed by atoms with Gasteiger partial charge in [-0.3, -0.25) is 4.79 Å². The van der Waals surface area contributed by atoms with Crippen molar-refractivity contribution in [2.24, 2.45) is 0 Å². The average molecular weight is 465 g/mol. The molecule has 0 aliphatic rings. The van der Waals surface area contributed by atoms with Gasteiger partial charge in [-0.2, -0.15) is 0 Å². The van der Waals surface area contributed by atoms with Crippen molar-refractivity contribution in [3.63, 3.8) is 0 Å². The summed E-state index contributed by atoms with van der Waals surface area (Å²) in [6.07, 6.45) is 0. The Kier molecular flexibility index (Phi) is 5.35. The van der Waals surface area contributed by atoms with Crippen LogP contribution in [0.25, 0.3) is 22.6 Å². The average Bonchev–Trinajstić information content (AvgIpc) is 3.12. The van der Waals surface area contributed by atoms with Crippen molar-refractivity contribution in [3.8, 4) is 17.2 Å². The Balaban J connectivity index is 1.67. The first-order valence-corrected chi connectivity index (χ1v) is 10.3. The van der Waals surface area contributed by atoms with Gasteiger partial charge in [0.1, 0.15) is 11.3 Å². The van der Waals surface area contributed by atoms with Crippen molar-refractivity contribution in [1.82, 2.24) is 4.98 Å². The van der Waals surface area contributed by atoms with E-state index in [0.29, 0.717) is 22.9 Å². The van der Waals surface area contributed by atoms with Gasteiger partial charge in [-0.1, -0.05) is 28.1 Å². The summed E-state index contributed by atoms with van der Waals surface area (Å²) in [6, 6.07) is 15.2. The Morgan fingerprint density at radius 1 is 1.07 bits per heavy atom. The molecule has 0 fully saturated rings. The number of ether oxygens (including phenoxy) is 1. The minimum absolute atomic E-state index is 0.252. The van der Waals surface area contributed by atoms with Crippen molar-refractivity contribution in [3.05, 3.63) is 75.3 Å². The molecule has 0 bridgehead atoms. The lowest BCUT2D eigenvalue weighted by atomic mass is 10.1. The van der Waals surface area contributed by atoms with Crippen LogP contribution in [0.1, 0.15) is 27.0 Å². The molecule has 152 valence electrons. The van der Waals surface area contributed by atoms with Gasteiger partial charge >= 0.3 is 0 Å². The summed E-state index contributed by atoms with van der Waals surface area (Å²) in [7, 11) is 1.56. The van der Waals surface area contributed by atoms with Gasteiger partial charge in [0.2, 0.25) is 5.89 Å². The highest BCUT2D eigenvalue weighted by Crippen LogP contribution is 2.31. The molecule has 1 aromatic heterocycles. The quantitative estimate of drug-likeness (QED) is 0.377. The van der Waals surface area contributed by atoms with Crippen LogP contribution in [0, 0.1) is 20.8 Å². The number of carbonyl (C=O) groups excluding carboxylic acids is 1. The second-order valence-electron chi connectivity index (χ2n) is 7.29. The summed E-state index contributed by atoms with van der Waals surface area (Å²) < 4.78 is 12.2. The maximum Gasteiger partial charge on any atom is 0.259 e. The smallest absolute Gasteiger partial charge is 0.259 e. The van der Waals surface area contributed by atoms with E-state index in [0.717, 1.165) is 37.8 Å². The van der Waals surface area contributed by atoms with Gasteiger partial charge in [0.15, 0.2) is 5.58 Å². The van der Waals surface area contributed by atoms with Gasteiger partial charge in [-0.25, -0.2) is 4.98 Å². The van der Waals surface area contributed by atoms with Crippen LogP contribution < -0.4 is 10.1 Å². The zero-order valence-corrected chi connectivity index (χ0v) is 18.8. The van der Waals surface area contributed by atoms with E-state index >= 15 is 0 Å². The van der Waals surface area contributed by atoms with Gasteiger partial charge in [0, 0.05) is 15.7 Å². The SMILES string of the molecule is COc1c(C)cc(Br)cc1C(=O)Nc1cccc(-c2nc3cc(C)cc(C)c3o2)c1. The van der Waals surface area contributed by atoms with Gasteiger partial charge in [-0.15, -0.1) is 0 Å². The second-order valence-corrected chi connectivity index (χ2v) is 8.20. The number of hydrogen-bond acceptors (Lipinski definition) is 4. The Labute approximate surface area is 183 Å². The predicted octanol–water partition coefficient (Wildman–Crippen LogP) is 6.44. The van der Waals surface area contributed by atoms with Crippen molar-refractivity contribution in [2.45, 2.75) is 20.8 Å². The molecule has 0 spiro atoms. The summed E-state index contributed by atoms with van der Waals surface area (Å²) in [5.41, 5.74) is 6.56. The van der Waals surface area contributed by atoms with Crippen LogP contribution >= 0.6 is 15.9 Å². The fraction of sp³-hybridized carbons (Fsp3) is 0.167. The molecule has 1 amide bonds. The maximum atomic E-state index is 12.9. The third-order valence-electron chi connectivity index (χ3n) is 4.88. The second kappa shape index (κ2) is 7.95. The number of aromatic nitrogens is 1. The normalized spacial score (nSPS) is 11.0. The zero-order valence-electron chi connectivity index (χ0n) is 17.2. The first-order chi connectivity index (χ1) is 14.4. The molecule has 0 atom stereocenters. The standard InChI is InChI=1S/C24H21BrN2O3/c1-13-8-14(2)22-20(9-13)27-24(30-22)16-6-5-7-18(11-16)26-23(28)19-12-17(25)10-15(3)21(19)29-4/h5-12H,1-4H3,(H,26,28). The van der Waals surface area contributed by atoms with Crippen LogP contribution in [-0.2, 0) is 0 Å². The van der Waals surface area contributed by atoms with Crippen LogP contribution in [0.2, 0.25) is 0 Å². The van der Waals surface area contributed by atoms with E-state index in [1.54, 1.807) is 13.2 Å². The lowest BCUT2D eigenvalue weighted by Crippen LogP contribution is -2.14. The minimum Gasteiger partial charge on any atom is -0.496 e. The van der Waals surface area contributed by atoms with Crippen molar-refractivity contribution >= 4 is 38.6 Å². The molecule has 0 saturated carbocycles. The topological polar surface area (TPSA) is 64.4 Å². The number of benzene rings is 3. The molecular weight excluding hydrogens is 444 g/mol. The molecule has 0 saturated heterocycles. The van der Waals surface area contributed by atoms with E-state index in [4.69, 9.17) is 9.15 Å². The molecule has 0 aliphatic heterocycles. The van der Waals surface area contributed by atoms with E-state index in [1.165, 1.54) is 0 Å². The highest BCUT2D eigenvalue weighted by molar-refractivity contribution is 9.10. The molecule has 0 aliphatic carbocycles. The number of rotatable bonds is 4. The van der Waals surface area contributed by atoms with E-state index in [2.05, 4.69) is 32.3 Å². The molecule has 0 radical (unpaired) electrons. The van der Waals surface area contributed by atoms with Gasteiger partial charge in [-0.05, 0) is 73.9 Å². The lowest BCUT2D eigenvalue weighted by Gasteiger charge is -2.13. The van der Waals surface area contributed by atoms with Gasteiger partial charge < -0.3 is 14.5 Å². The fourth-order valence-corrected chi connectivity index (χ4v) is 4.17. The van der Waals surface area contributed by atoms with Crippen LogP contribution in [-0.4, -0.2) is 18.0 Å². The third kappa shape index (κ3) is 3.83. The first kappa shape index (κ1) is 20.2. The van der Waals surface area contributed by atoms with E-state index in [1.807, 2.05) is 57.2 Å². The van der Waals surface area contributed by atoms with Gasteiger partial charge in [0.25, 0.3) is 5.91 Å². The van der Waals surface area contributed by atoms with Crippen LogP contribution in [0.5, 0.6) is 5.75 Å². The Bertz CT molecular complexity index is 1280.